The summed E-state index contributed by atoms with van der Waals surface area (Å²) in [6, 6.07) is 25.8. The summed E-state index contributed by atoms with van der Waals surface area (Å²) in [6.45, 7) is 1.84. The molecule has 0 radical (unpaired) electrons. The van der Waals surface area contributed by atoms with Gasteiger partial charge in [0.2, 0.25) is 17.9 Å². The zero-order chi connectivity index (χ0) is 36.6. The average molecular weight is 729 g/mol. The molecule has 0 fully saturated rings. The van der Waals surface area contributed by atoms with E-state index in [0.29, 0.717) is 22.4 Å². The van der Waals surface area contributed by atoms with Gasteiger partial charge in [-0.05, 0) is 54.3 Å². The number of hydrogen-bond donors (Lipinski definition) is 4. The molecule has 4 aromatic carbocycles. The van der Waals surface area contributed by atoms with Crippen molar-refractivity contribution in [2.24, 2.45) is 5.73 Å². The number of carboxylic acids is 1. The van der Waals surface area contributed by atoms with Gasteiger partial charge in [0.25, 0.3) is 10.1 Å². The number of anilines is 1. The predicted molar refractivity (Wildman–Crippen MR) is 184 cm³/mol. The number of alkyl halides is 3. The van der Waals surface area contributed by atoms with Crippen LogP contribution in [0.1, 0.15) is 22.8 Å². The molecule has 1 heterocycles. The fourth-order valence-electron chi connectivity index (χ4n) is 4.61. The Kier molecular flexibility index (Phi) is 13.2. The van der Waals surface area contributed by atoms with Crippen LogP contribution >= 0.6 is 0 Å². The molecule has 12 nitrogen and oxygen atoms in total. The number of hydrogen-bond acceptors (Lipinski definition) is 9. The smallest absolute Gasteiger partial charge is 0.429 e. The first-order valence-electron chi connectivity index (χ1n) is 14.8. The lowest BCUT2D eigenvalue weighted by Gasteiger charge is -2.22. The van der Waals surface area contributed by atoms with Crippen molar-refractivity contribution in [3.63, 3.8) is 0 Å². The zero-order valence-corrected chi connectivity index (χ0v) is 28.0. The van der Waals surface area contributed by atoms with Crippen molar-refractivity contribution in [2.75, 3.05) is 12.8 Å². The summed E-state index contributed by atoms with van der Waals surface area (Å²) in [4.78, 5) is 18.9. The van der Waals surface area contributed by atoms with Crippen molar-refractivity contribution in [3.05, 3.63) is 120 Å². The monoisotopic (exact) mass is 728 g/mol. The summed E-state index contributed by atoms with van der Waals surface area (Å²) in [7, 11) is -2.49. The molecule has 16 heteroatoms. The molecule has 0 bridgehead atoms. The highest BCUT2D eigenvalue weighted by Gasteiger charge is 2.43. The Morgan fingerprint density at radius 3 is 2.04 bits per heavy atom. The number of rotatable bonds is 10. The first-order chi connectivity index (χ1) is 23.5. The molecule has 270 valence electrons. The van der Waals surface area contributed by atoms with Gasteiger partial charge >= 0.3 is 12.1 Å². The minimum Gasteiger partial charge on any atom is -0.497 e. The van der Waals surface area contributed by atoms with Crippen LogP contribution in [-0.2, 0) is 21.3 Å². The molecule has 1 aromatic heterocycles. The number of ether oxygens (including phenoxy) is 2. The highest BCUT2D eigenvalue weighted by Crippen LogP contribution is 2.38. The van der Waals surface area contributed by atoms with Crippen LogP contribution in [0.5, 0.6) is 11.6 Å². The van der Waals surface area contributed by atoms with E-state index in [1.54, 1.807) is 66.7 Å². The molecule has 2 atom stereocenters. The second-order valence-electron chi connectivity index (χ2n) is 11.0. The summed E-state index contributed by atoms with van der Waals surface area (Å²) in [5, 5.41) is 8.98. The number of carbonyl (C=O) groups is 1. The Balaban J connectivity index is 0.000000500. The third kappa shape index (κ3) is 11.2. The van der Waals surface area contributed by atoms with E-state index in [1.807, 2.05) is 13.0 Å². The van der Waals surface area contributed by atoms with Crippen LogP contribution in [-0.4, -0.2) is 58.8 Å². The summed E-state index contributed by atoms with van der Waals surface area (Å²) < 4.78 is 82.3. The van der Waals surface area contributed by atoms with E-state index in [4.69, 9.17) is 30.6 Å². The molecule has 5 aromatic rings. The van der Waals surface area contributed by atoms with Gasteiger partial charge in [-0.2, -0.15) is 26.6 Å². The first-order valence-corrected chi connectivity index (χ1v) is 16.2. The predicted octanol–water partition coefficient (Wildman–Crippen LogP) is 5.46. The highest BCUT2D eigenvalue weighted by molar-refractivity contribution is 7.85. The number of halogens is 3. The van der Waals surface area contributed by atoms with Crippen molar-refractivity contribution in [1.29, 1.82) is 0 Å². The number of aromatic nitrogens is 2. The molecular formula is C35H35F3N4O8S. The van der Waals surface area contributed by atoms with Crippen molar-refractivity contribution in [1.82, 2.24) is 9.97 Å². The van der Waals surface area contributed by atoms with Crippen LogP contribution in [0.25, 0.3) is 22.4 Å². The third-order valence-corrected chi connectivity index (χ3v) is 8.08. The molecule has 0 aliphatic carbocycles. The Morgan fingerprint density at radius 2 is 1.49 bits per heavy atom. The first kappa shape index (κ1) is 39.9. The minimum absolute atomic E-state index is 0. The summed E-state index contributed by atoms with van der Waals surface area (Å²) in [5.74, 6) is -1.12. The van der Waals surface area contributed by atoms with Crippen LogP contribution in [0.15, 0.2) is 108 Å². The Morgan fingerprint density at radius 1 is 0.882 bits per heavy atom. The van der Waals surface area contributed by atoms with E-state index in [0.717, 1.165) is 11.1 Å². The number of methoxy groups -OCH3 is 1. The van der Waals surface area contributed by atoms with Crippen molar-refractivity contribution < 1.29 is 51.0 Å². The number of nitrogen functional groups attached to an aromatic ring is 1. The standard InChI is InChI=1S/C28H25F3N4O4.C7H8O3S.H2O/c1-38-21-4-2-3-20(14-21)17-9-11-19(12-10-17)25(28(29,30)31)39-24-15-23(34-27(33)35-24)18-7-5-16(6-8-18)13-22(32)26(36)37;1-6-2-4-7(5-3-6)11(8,9)10;/h2-12,14-15,22,25H,13,32H2,1H3,(H,36,37)(H2,33,34,35);2-5H,1H3,(H,8,9,10);1H2/t22-,25+;;/m0../s1. The van der Waals surface area contributed by atoms with Gasteiger partial charge in [0.1, 0.15) is 11.8 Å². The fourth-order valence-corrected chi connectivity index (χ4v) is 5.09. The second kappa shape index (κ2) is 16.9. The number of carboxylic acid groups (broad SMARTS) is 1. The molecule has 0 spiro atoms. The molecule has 51 heavy (non-hydrogen) atoms. The summed E-state index contributed by atoms with van der Waals surface area (Å²) in [6.07, 6.45) is -6.94. The van der Waals surface area contributed by atoms with Crippen LogP contribution in [0.2, 0.25) is 0 Å². The van der Waals surface area contributed by atoms with Crippen LogP contribution in [0.3, 0.4) is 0 Å². The van der Waals surface area contributed by atoms with Crippen molar-refractivity contribution in [2.45, 2.75) is 36.6 Å². The SMILES string of the molecule is COc1cccc(-c2ccc([C@@H](Oc3cc(-c4ccc(C[C@H](N)C(=O)O)cc4)nc(N)n3)C(F)(F)F)cc2)c1.Cc1ccc(S(=O)(=O)O)cc1.O. The second-order valence-corrected chi connectivity index (χ2v) is 12.4. The van der Waals surface area contributed by atoms with E-state index in [2.05, 4.69) is 9.97 Å². The lowest BCUT2D eigenvalue weighted by molar-refractivity contribution is -0.198. The maximum Gasteiger partial charge on any atom is 0.429 e. The Hall–Kier alpha value is -5.55. The van der Waals surface area contributed by atoms with Crippen LogP contribution in [0.4, 0.5) is 19.1 Å². The Bertz CT molecular complexity index is 2030. The summed E-state index contributed by atoms with van der Waals surface area (Å²) in [5.41, 5.74) is 15.1. The molecule has 0 unspecified atom stereocenters. The van der Waals surface area contributed by atoms with Gasteiger partial charge in [0.15, 0.2) is 0 Å². The maximum atomic E-state index is 14.1. The van der Waals surface area contributed by atoms with Crippen molar-refractivity contribution >= 4 is 22.0 Å². The van der Waals surface area contributed by atoms with Crippen LogP contribution in [0, 0.1) is 6.92 Å². The lowest BCUT2D eigenvalue weighted by Crippen LogP contribution is -2.32. The van der Waals surface area contributed by atoms with E-state index in [1.165, 1.54) is 37.4 Å². The number of aliphatic carboxylic acids is 1. The minimum atomic E-state index is -4.75. The quantitative estimate of drug-likeness (QED) is 0.132. The summed E-state index contributed by atoms with van der Waals surface area (Å²) >= 11 is 0. The number of nitrogens with two attached hydrogens (primary N) is 2. The number of nitrogens with zero attached hydrogens (tertiary/aromatic N) is 2. The lowest BCUT2D eigenvalue weighted by atomic mass is 10.0. The zero-order valence-electron chi connectivity index (χ0n) is 27.2. The number of benzene rings is 4. The number of aryl methyl sites for hydroxylation is 1. The van der Waals surface area contributed by atoms with Gasteiger partial charge in [-0.15, -0.1) is 0 Å². The molecule has 5 rings (SSSR count). The molecule has 0 saturated heterocycles. The van der Waals surface area contributed by atoms with E-state index >= 15 is 0 Å². The molecule has 0 amide bonds. The molecule has 8 N–H and O–H groups in total. The molecule has 0 aliphatic rings. The van der Waals surface area contributed by atoms with Gasteiger partial charge in [-0.25, -0.2) is 4.98 Å². The van der Waals surface area contributed by atoms with Gasteiger partial charge in [-0.1, -0.05) is 78.4 Å². The molecule has 0 saturated carbocycles. The van der Waals surface area contributed by atoms with Crippen LogP contribution < -0.4 is 20.9 Å². The van der Waals surface area contributed by atoms with Gasteiger partial charge < -0.3 is 31.5 Å². The average Bonchev–Trinajstić information content (AvgIpc) is 3.07. The largest absolute Gasteiger partial charge is 0.497 e. The van der Waals surface area contributed by atoms with E-state index < -0.39 is 34.4 Å². The van der Waals surface area contributed by atoms with Crippen molar-refractivity contribution in [3.8, 4) is 34.0 Å². The molecule has 0 aliphatic heterocycles. The van der Waals surface area contributed by atoms with Gasteiger partial charge in [-0.3, -0.25) is 9.35 Å². The van der Waals surface area contributed by atoms with E-state index in [9.17, 15) is 26.4 Å². The van der Waals surface area contributed by atoms with Gasteiger partial charge in [0.05, 0.1) is 17.7 Å². The highest BCUT2D eigenvalue weighted by atomic mass is 32.2. The maximum absolute atomic E-state index is 14.1. The Labute approximate surface area is 291 Å². The fraction of sp³-hybridized carbons (Fsp3) is 0.171. The normalized spacial score (nSPS) is 12.4. The van der Waals surface area contributed by atoms with E-state index in [-0.39, 0.29) is 39.9 Å². The molecular weight excluding hydrogens is 693 g/mol. The topological polar surface area (TPSA) is 219 Å². The van der Waals surface area contributed by atoms with Gasteiger partial charge in [0, 0.05) is 17.2 Å². The third-order valence-electron chi connectivity index (χ3n) is 7.21.